The molecular formula is C26H19F5N6O3. The highest BCUT2D eigenvalue weighted by molar-refractivity contribution is 5.59. The van der Waals surface area contributed by atoms with Crippen molar-refractivity contribution in [3.63, 3.8) is 0 Å². The normalized spacial score (nSPS) is 11.7. The molecule has 0 bridgehead atoms. The Bertz CT molecular complexity index is 1740. The molecule has 2 aromatic carbocycles. The molecule has 40 heavy (non-hydrogen) atoms. The van der Waals surface area contributed by atoms with Crippen molar-refractivity contribution in [2.75, 3.05) is 0 Å². The van der Waals surface area contributed by atoms with Crippen LogP contribution in [-0.4, -0.2) is 42.3 Å². The zero-order valence-corrected chi connectivity index (χ0v) is 20.8. The Kier molecular flexibility index (Phi) is 6.83. The largest absolute Gasteiger partial charge is 0.573 e. The van der Waals surface area contributed by atoms with Crippen LogP contribution in [0.1, 0.15) is 11.3 Å². The van der Waals surface area contributed by atoms with Gasteiger partial charge in [0.15, 0.2) is 5.69 Å². The van der Waals surface area contributed by atoms with Gasteiger partial charge in [0.05, 0.1) is 34.6 Å². The van der Waals surface area contributed by atoms with Crippen LogP contribution < -0.4 is 14.9 Å². The van der Waals surface area contributed by atoms with Gasteiger partial charge in [-0.1, -0.05) is 6.07 Å². The van der Waals surface area contributed by atoms with Gasteiger partial charge in [0.25, 0.3) is 0 Å². The third-order valence-electron chi connectivity index (χ3n) is 5.67. The molecule has 0 atom stereocenters. The Morgan fingerprint density at radius 2 is 1.68 bits per heavy atom. The van der Waals surface area contributed by atoms with E-state index in [1.54, 1.807) is 38.1 Å². The van der Waals surface area contributed by atoms with Crippen LogP contribution in [0.3, 0.4) is 0 Å². The zero-order chi connectivity index (χ0) is 28.6. The Labute approximate surface area is 222 Å². The van der Waals surface area contributed by atoms with Crippen molar-refractivity contribution < 1.29 is 31.4 Å². The average molecular weight is 558 g/mol. The average Bonchev–Trinajstić information content (AvgIpc) is 3.49. The number of halogens is 5. The number of aromatic nitrogens is 6. The lowest BCUT2D eigenvalue weighted by molar-refractivity contribution is -0.274. The molecule has 5 rings (SSSR count). The lowest BCUT2D eigenvalue weighted by atomic mass is 10.1. The summed E-state index contributed by atoms with van der Waals surface area (Å²) < 4.78 is 76.2. The molecule has 0 amide bonds. The van der Waals surface area contributed by atoms with E-state index in [0.717, 1.165) is 12.1 Å². The second-order valence-corrected chi connectivity index (χ2v) is 8.53. The number of aryl methyl sites for hydroxylation is 2. The maximum atomic E-state index is 12.9. The van der Waals surface area contributed by atoms with Gasteiger partial charge in [-0.3, -0.25) is 4.79 Å². The molecule has 0 radical (unpaired) electrons. The van der Waals surface area contributed by atoms with E-state index in [4.69, 9.17) is 0 Å². The van der Waals surface area contributed by atoms with Gasteiger partial charge in [0.1, 0.15) is 5.75 Å². The van der Waals surface area contributed by atoms with Gasteiger partial charge in [-0.25, -0.2) is 14.0 Å². The summed E-state index contributed by atoms with van der Waals surface area (Å²) >= 11 is 0. The zero-order valence-electron chi connectivity index (χ0n) is 20.8. The fraction of sp³-hybridized carbons (Fsp3) is 0.154. The number of rotatable bonds is 7. The summed E-state index contributed by atoms with van der Waals surface area (Å²) in [6.45, 7) is 0.411. The fourth-order valence-corrected chi connectivity index (χ4v) is 4.09. The SMILES string of the molecule is Cc1cc(-c2nn(-c3ccc(-n4nccc4OC(F)F)cc3C)ccc2=O)n(-c2cccc(OC(F)(F)F)c2)n1. The molecule has 9 nitrogen and oxygen atoms in total. The van der Waals surface area contributed by atoms with Crippen molar-refractivity contribution in [3.8, 4) is 40.1 Å². The predicted octanol–water partition coefficient (Wildman–Crippen LogP) is 5.39. The highest BCUT2D eigenvalue weighted by atomic mass is 19.4. The quantitative estimate of drug-likeness (QED) is 0.249. The van der Waals surface area contributed by atoms with E-state index in [0.29, 0.717) is 22.6 Å². The van der Waals surface area contributed by atoms with E-state index >= 15 is 0 Å². The molecule has 3 heterocycles. The predicted molar refractivity (Wildman–Crippen MR) is 132 cm³/mol. The molecule has 3 aromatic heterocycles. The van der Waals surface area contributed by atoms with Crippen molar-refractivity contribution in [2.45, 2.75) is 26.8 Å². The summed E-state index contributed by atoms with van der Waals surface area (Å²) in [6, 6.07) is 14.3. The van der Waals surface area contributed by atoms with Gasteiger partial charge >= 0.3 is 13.0 Å². The molecule has 0 saturated heterocycles. The number of hydrogen-bond donors (Lipinski definition) is 0. The Morgan fingerprint density at radius 3 is 2.40 bits per heavy atom. The van der Waals surface area contributed by atoms with Crippen molar-refractivity contribution in [1.82, 2.24) is 29.3 Å². The molecule has 0 aliphatic carbocycles. The van der Waals surface area contributed by atoms with E-state index in [-0.39, 0.29) is 23.0 Å². The van der Waals surface area contributed by atoms with Gasteiger partial charge in [-0.15, -0.1) is 13.2 Å². The van der Waals surface area contributed by atoms with E-state index < -0.39 is 24.2 Å². The molecule has 5 aromatic rings. The second kappa shape index (κ2) is 10.3. The number of alkyl halides is 5. The first kappa shape index (κ1) is 26.6. The molecule has 206 valence electrons. The van der Waals surface area contributed by atoms with Gasteiger partial charge in [-0.05, 0) is 55.8 Å². The van der Waals surface area contributed by atoms with Crippen molar-refractivity contribution in [2.24, 2.45) is 0 Å². The standard InChI is InChI=1S/C26H19F5N6O3/c1-15-12-18(37-23(8-10-32-37)39-25(27)28)6-7-20(15)35-11-9-22(38)24(34-35)21-13-16(2)33-36(21)17-4-3-5-19(14-17)40-26(29,30)31/h3-14,25H,1-2H3. The number of ether oxygens (including phenoxy) is 2. The van der Waals surface area contributed by atoms with E-state index in [9.17, 15) is 26.7 Å². The van der Waals surface area contributed by atoms with Crippen molar-refractivity contribution in [3.05, 3.63) is 94.5 Å². The van der Waals surface area contributed by atoms with Gasteiger partial charge < -0.3 is 9.47 Å². The first-order valence-corrected chi connectivity index (χ1v) is 11.6. The minimum atomic E-state index is -4.88. The van der Waals surface area contributed by atoms with Crippen LogP contribution in [-0.2, 0) is 0 Å². The number of nitrogens with zero attached hydrogens (tertiary/aromatic N) is 6. The minimum absolute atomic E-state index is 0.00610. The smallest absolute Gasteiger partial charge is 0.417 e. The van der Waals surface area contributed by atoms with E-state index in [1.165, 1.54) is 50.7 Å². The van der Waals surface area contributed by atoms with Crippen LogP contribution in [0, 0.1) is 13.8 Å². The number of benzene rings is 2. The molecule has 0 N–H and O–H groups in total. The van der Waals surface area contributed by atoms with Gasteiger partial charge in [-0.2, -0.15) is 24.1 Å². The minimum Gasteiger partial charge on any atom is -0.417 e. The maximum absolute atomic E-state index is 12.9. The first-order chi connectivity index (χ1) is 19.0. The molecule has 0 spiro atoms. The maximum Gasteiger partial charge on any atom is 0.573 e. The molecule has 0 aliphatic rings. The Morgan fingerprint density at radius 1 is 0.900 bits per heavy atom. The third kappa shape index (κ3) is 5.55. The van der Waals surface area contributed by atoms with Gasteiger partial charge in [0, 0.05) is 24.4 Å². The van der Waals surface area contributed by atoms with Crippen LogP contribution in [0.2, 0.25) is 0 Å². The van der Waals surface area contributed by atoms with Crippen molar-refractivity contribution >= 4 is 0 Å². The highest BCUT2D eigenvalue weighted by Gasteiger charge is 2.31. The first-order valence-electron chi connectivity index (χ1n) is 11.6. The third-order valence-corrected chi connectivity index (χ3v) is 5.67. The monoisotopic (exact) mass is 558 g/mol. The molecule has 0 fully saturated rings. The fourth-order valence-electron chi connectivity index (χ4n) is 4.09. The van der Waals surface area contributed by atoms with Crippen molar-refractivity contribution in [1.29, 1.82) is 0 Å². The Hall–Kier alpha value is -5.01. The summed E-state index contributed by atoms with van der Waals surface area (Å²) in [4.78, 5) is 12.9. The topological polar surface area (TPSA) is 89.0 Å². The van der Waals surface area contributed by atoms with Crippen LogP contribution in [0.5, 0.6) is 11.6 Å². The van der Waals surface area contributed by atoms with Crippen LogP contribution in [0.25, 0.3) is 28.5 Å². The summed E-state index contributed by atoms with van der Waals surface area (Å²) in [6.07, 6.45) is -2.09. The molecule has 14 heteroatoms. The van der Waals surface area contributed by atoms with Gasteiger partial charge in [0.2, 0.25) is 11.3 Å². The highest BCUT2D eigenvalue weighted by Crippen LogP contribution is 2.28. The molecule has 0 aliphatic heterocycles. The summed E-state index contributed by atoms with van der Waals surface area (Å²) in [5, 5.41) is 12.9. The van der Waals surface area contributed by atoms with Crippen LogP contribution in [0.15, 0.2) is 77.9 Å². The molecular weight excluding hydrogens is 539 g/mol. The summed E-state index contributed by atoms with van der Waals surface area (Å²) in [5.41, 5.74) is 2.21. The number of hydrogen-bond acceptors (Lipinski definition) is 6. The molecule has 0 unspecified atom stereocenters. The lowest BCUT2D eigenvalue weighted by Crippen LogP contribution is -2.17. The van der Waals surface area contributed by atoms with Crippen LogP contribution in [0.4, 0.5) is 22.0 Å². The summed E-state index contributed by atoms with van der Waals surface area (Å²) in [7, 11) is 0. The van der Waals surface area contributed by atoms with E-state index in [1.807, 2.05) is 0 Å². The summed E-state index contributed by atoms with van der Waals surface area (Å²) in [5.74, 6) is -0.586. The van der Waals surface area contributed by atoms with E-state index in [2.05, 4.69) is 24.8 Å². The Balaban J connectivity index is 1.53. The lowest BCUT2D eigenvalue weighted by Gasteiger charge is -2.14. The molecule has 0 saturated carbocycles. The van der Waals surface area contributed by atoms with Crippen LogP contribution >= 0.6 is 0 Å². The second-order valence-electron chi connectivity index (χ2n) is 8.53.